The predicted molar refractivity (Wildman–Crippen MR) is 274 cm³/mol. The van der Waals surface area contributed by atoms with Crippen molar-refractivity contribution in [1.29, 1.82) is 0 Å². The fourth-order valence-electron chi connectivity index (χ4n) is 9.10. The van der Waals surface area contributed by atoms with Gasteiger partial charge in [-0.3, -0.25) is 0 Å². The number of benzene rings is 10. The van der Waals surface area contributed by atoms with E-state index in [1.54, 1.807) is 0 Å². The van der Waals surface area contributed by atoms with E-state index in [2.05, 4.69) is 231 Å². The second kappa shape index (κ2) is 16.7. The van der Waals surface area contributed by atoms with Crippen LogP contribution in [0.5, 0.6) is 0 Å². The van der Waals surface area contributed by atoms with Crippen molar-refractivity contribution < 1.29 is 0 Å². The molecule has 4 nitrogen and oxygen atoms in total. The third-order valence-corrected chi connectivity index (χ3v) is 12.6. The van der Waals surface area contributed by atoms with Gasteiger partial charge in [0, 0.05) is 33.0 Å². The van der Waals surface area contributed by atoms with Gasteiger partial charge in [0.2, 0.25) is 0 Å². The van der Waals surface area contributed by atoms with Crippen LogP contribution in [0.4, 0.5) is 0 Å². The molecule has 0 saturated carbocycles. The van der Waals surface area contributed by atoms with Crippen molar-refractivity contribution in [1.82, 2.24) is 19.9 Å². The summed E-state index contributed by atoms with van der Waals surface area (Å²) in [5.41, 5.74) is 15.0. The topological polar surface area (TPSA) is 51.6 Å². The van der Waals surface area contributed by atoms with E-state index in [1.165, 1.54) is 38.1 Å². The van der Waals surface area contributed by atoms with Crippen LogP contribution in [0.3, 0.4) is 0 Å². The molecule has 0 aliphatic carbocycles. The Balaban J connectivity index is 0.859. The van der Waals surface area contributed by atoms with Crippen LogP contribution in [0.1, 0.15) is 0 Å². The van der Waals surface area contributed by atoms with Gasteiger partial charge in [0.25, 0.3) is 0 Å². The lowest BCUT2D eigenvalue weighted by molar-refractivity contribution is 1.07. The maximum atomic E-state index is 5.30. The molecule has 0 N–H and O–H groups in total. The number of hydrogen-bond acceptors (Lipinski definition) is 4. The molecule has 0 bridgehead atoms. The summed E-state index contributed by atoms with van der Waals surface area (Å²) in [5, 5.41) is 5.99. The molecule has 0 atom stereocenters. The monoisotopic (exact) mass is 840 g/mol. The summed E-state index contributed by atoms with van der Waals surface area (Å²) in [4.78, 5) is 20.5. The van der Waals surface area contributed by atoms with E-state index in [0.717, 1.165) is 66.8 Å². The Kier molecular flexibility index (Phi) is 9.81. The molecule has 2 aromatic heterocycles. The molecule has 4 heteroatoms. The first-order valence-electron chi connectivity index (χ1n) is 22.3. The van der Waals surface area contributed by atoms with E-state index in [-0.39, 0.29) is 0 Å². The summed E-state index contributed by atoms with van der Waals surface area (Å²) in [5.74, 6) is 1.88. The van der Waals surface area contributed by atoms with Gasteiger partial charge in [0.15, 0.2) is 17.5 Å². The lowest BCUT2D eigenvalue weighted by Gasteiger charge is -2.14. The van der Waals surface area contributed by atoms with Gasteiger partial charge in [-0.2, -0.15) is 0 Å². The Labute approximate surface area is 383 Å². The molecule has 10 aromatic carbocycles. The molecule has 0 fully saturated rings. The summed E-state index contributed by atoms with van der Waals surface area (Å²) in [7, 11) is 0. The van der Waals surface area contributed by atoms with Crippen molar-refractivity contribution in [2.24, 2.45) is 0 Å². The largest absolute Gasteiger partial charge is 0.247 e. The van der Waals surface area contributed by atoms with E-state index in [0.29, 0.717) is 17.5 Å². The van der Waals surface area contributed by atoms with Crippen LogP contribution in [-0.2, 0) is 0 Å². The van der Waals surface area contributed by atoms with Crippen molar-refractivity contribution in [3.8, 4) is 89.9 Å². The number of aromatic nitrogens is 4. The van der Waals surface area contributed by atoms with E-state index in [9.17, 15) is 0 Å². The second-order valence-electron chi connectivity index (χ2n) is 16.6. The molecule has 2 heterocycles. The highest BCUT2D eigenvalue weighted by molar-refractivity contribution is 6.21. The fraction of sp³-hybridized carbons (Fsp3) is 0. The average Bonchev–Trinajstić information content (AvgIpc) is 3.41. The summed E-state index contributed by atoms with van der Waals surface area (Å²) in [6, 6.07) is 85.3. The maximum absolute atomic E-state index is 5.30. The highest BCUT2D eigenvalue weighted by atomic mass is 15.0. The zero-order chi connectivity index (χ0) is 43.8. The normalized spacial score (nSPS) is 11.3. The lowest BCUT2D eigenvalue weighted by atomic mass is 9.93. The van der Waals surface area contributed by atoms with E-state index in [4.69, 9.17) is 19.9 Å². The van der Waals surface area contributed by atoms with Gasteiger partial charge < -0.3 is 0 Å². The molecule has 0 unspecified atom stereocenters. The minimum Gasteiger partial charge on any atom is -0.247 e. The van der Waals surface area contributed by atoms with Gasteiger partial charge in [-0.1, -0.05) is 231 Å². The van der Waals surface area contributed by atoms with Crippen LogP contribution in [0.15, 0.2) is 243 Å². The molecule has 0 radical (unpaired) electrons. The maximum Gasteiger partial charge on any atom is 0.164 e. The number of rotatable bonds is 8. The van der Waals surface area contributed by atoms with Gasteiger partial charge in [-0.15, -0.1) is 0 Å². The Morgan fingerprint density at radius 3 is 1.11 bits per heavy atom. The Morgan fingerprint density at radius 2 is 0.591 bits per heavy atom. The summed E-state index contributed by atoms with van der Waals surface area (Å²) in [6.07, 6.45) is 0. The van der Waals surface area contributed by atoms with Crippen molar-refractivity contribution in [3.05, 3.63) is 243 Å². The smallest absolute Gasteiger partial charge is 0.164 e. The van der Waals surface area contributed by atoms with Crippen LogP contribution in [-0.4, -0.2) is 19.9 Å². The van der Waals surface area contributed by atoms with Crippen LogP contribution < -0.4 is 0 Å². The highest BCUT2D eigenvalue weighted by Gasteiger charge is 2.16. The minimum atomic E-state index is 0.623. The fourth-order valence-corrected chi connectivity index (χ4v) is 9.10. The SMILES string of the molecule is c1ccc(-c2ccc(-c3nc(-c4ccc(-c5ccccc5)cc4)nc(-c4ccc(-c5ccc(-c6cccc(-c7nc8ccccc8c8ccc9ccccc9c78)c6)cc5)cc4)n3)cc2)cc1. The molecule has 0 saturated heterocycles. The molecule has 66 heavy (non-hydrogen) atoms. The molecule has 12 rings (SSSR count). The zero-order valence-corrected chi connectivity index (χ0v) is 35.9. The van der Waals surface area contributed by atoms with Crippen molar-refractivity contribution in [3.63, 3.8) is 0 Å². The van der Waals surface area contributed by atoms with E-state index >= 15 is 0 Å². The number of pyridine rings is 1. The van der Waals surface area contributed by atoms with Crippen LogP contribution in [0.25, 0.3) is 122 Å². The first-order chi connectivity index (χ1) is 32.7. The number of hydrogen-bond donors (Lipinski definition) is 0. The van der Waals surface area contributed by atoms with Crippen LogP contribution >= 0.6 is 0 Å². The predicted octanol–water partition coefficient (Wildman–Crippen LogP) is 16.1. The van der Waals surface area contributed by atoms with Gasteiger partial charge in [0.05, 0.1) is 11.2 Å². The third-order valence-electron chi connectivity index (χ3n) is 12.6. The molecular weight excluding hydrogens is 801 g/mol. The van der Waals surface area contributed by atoms with Gasteiger partial charge in [-0.25, -0.2) is 19.9 Å². The number of para-hydroxylation sites is 1. The van der Waals surface area contributed by atoms with Crippen molar-refractivity contribution in [2.45, 2.75) is 0 Å². The average molecular weight is 841 g/mol. The molecule has 308 valence electrons. The number of fused-ring (bicyclic) bond motifs is 5. The molecule has 0 spiro atoms. The molecule has 0 amide bonds. The Bertz CT molecular complexity index is 3600. The first-order valence-corrected chi connectivity index (χ1v) is 22.3. The summed E-state index contributed by atoms with van der Waals surface area (Å²) >= 11 is 0. The molecule has 12 aromatic rings. The Hall–Kier alpha value is -8.86. The standard InChI is InChI=1S/C62H40N4/c1-3-12-41(13-4-1)43-26-32-49(33-27-43)60-64-61(50-34-28-44(29-35-50)42-14-5-2-6-15-42)66-62(65-60)51-36-30-46(31-37-51)45-22-24-47(25-23-45)52-17-11-18-53(40-52)59-58-54-19-8-7-16-48(54)38-39-56(58)55-20-9-10-21-57(55)63-59/h1-40H. The van der Waals surface area contributed by atoms with Crippen LogP contribution in [0.2, 0.25) is 0 Å². The zero-order valence-electron chi connectivity index (χ0n) is 35.9. The number of nitrogens with zero attached hydrogens (tertiary/aromatic N) is 4. The second-order valence-corrected chi connectivity index (χ2v) is 16.6. The third kappa shape index (κ3) is 7.36. The van der Waals surface area contributed by atoms with Crippen molar-refractivity contribution in [2.75, 3.05) is 0 Å². The minimum absolute atomic E-state index is 0.623. The van der Waals surface area contributed by atoms with Crippen molar-refractivity contribution >= 4 is 32.4 Å². The summed E-state index contributed by atoms with van der Waals surface area (Å²) in [6.45, 7) is 0. The quantitative estimate of drug-likeness (QED) is 0.143. The molecular formula is C62H40N4. The van der Waals surface area contributed by atoms with Gasteiger partial charge >= 0.3 is 0 Å². The van der Waals surface area contributed by atoms with Gasteiger partial charge in [0.1, 0.15) is 0 Å². The summed E-state index contributed by atoms with van der Waals surface area (Å²) < 4.78 is 0. The van der Waals surface area contributed by atoms with E-state index < -0.39 is 0 Å². The Morgan fingerprint density at radius 1 is 0.212 bits per heavy atom. The van der Waals surface area contributed by atoms with Crippen LogP contribution in [0, 0.1) is 0 Å². The first kappa shape index (κ1) is 38.8. The van der Waals surface area contributed by atoms with Gasteiger partial charge in [-0.05, 0) is 72.8 Å². The molecule has 0 aliphatic rings. The molecule has 0 aliphatic heterocycles. The van der Waals surface area contributed by atoms with E-state index in [1.807, 2.05) is 12.1 Å². The highest BCUT2D eigenvalue weighted by Crippen LogP contribution is 2.39. The lowest BCUT2D eigenvalue weighted by Crippen LogP contribution is -2.00.